The molecule has 96 valence electrons. The van der Waals surface area contributed by atoms with Crippen LogP contribution in [0.3, 0.4) is 0 Å². The smallest absolute Gasteiger partial charge is 0.322 e. The summed E-state index contributed by atoms with van der Waals surface area (Å²) in [5.74, 6) is 1.32. The first-order chi connectivity index (χ1) is 8.01. The molecule has 6 heteroatoms. The van der Waals surface area contributed by atoms with Crippen LogP contribution in [-0.4, -0.2) is 28.1 Å². The highest BCUT2D eigenvalue weighted by Crippen LogP contribution is 2.12. The van der Waals surface area contributed by atoms with Gasteiger partial charge in [-0.25, -0.2) is 0 Å². The van der Waals surface area contributed by atoms with Crippen LogP contribution < -0.4 is 15.8 Å². The van der Waals surface area contributed by atoms with Gasteiger partial charge < -0.3 is 15.8 Å². The lowest BCUT2D eigenvalue weighted by atomic mass is 10.0. The Morgan fingerprint density at radius 3 is 2.47 bits per heavy atom. The van der Waals surface area contributed by atoms with Crippen LogP contribution in [0.25, 0.3) is 0 Å². The molecule has 1 heterocycles. The predicted octanol–water partition coefficient (Wildman–Crippen LogP) is 1.70. The Morgan fingerprint density at radius 1 is 1.18 bits per heavy atom. The van der Waals surface area contributed by atoms with Gasteiger partial charge in [-0.15, -0.1) is 0 Å². The highest BCUT2D eigenvalue weighted by Gasteiger charge is 2.08. The van der Waals surface area contributed by atoms with Gasteiger partial charge in [-0.3, -0.25) is 0 Å². The summed E-state index contributed by atoms with van der Waals surface area (Å²) in [6.07, 6.45) is 2.22. The van der Waals surface area contributed by atoms with E-state index in [1.54, 1.807) is 0 Å². The molecule has 0 aliphatic heterocycles. The molecule has 1 atom stereocenters. The molecule has 0 fully saturated rings. The number of hydrogen-bond acceptors (Lipinski definition) is 6. The molecule has 0 spiro atoms. The van der Waals surface area contributed by atoms with E-state index in [9.17, 15) is 0 Å². The van der Waals surface area contributed by atoms with Gasteiger partial charge in [-0.05, 0) is 25.7 Å². The second-order valence-electron chi connectivity index (χ2n) is 4.52. The molecule has 1 aromatic rings. The zero-order valence-electron chi connectivity index (χ0n) is 10.9. The van der Waals surface area contributed by atoms with E-state index in [-0.39, 0.29) is 12.0 Å². The van der Waals surface area contributed by atoms with Crippen LogP contribution in [0.5, 0.6) is 6.01 Å². The maximum Gasteiger partial charge on any atom is 0.322 e. The van der Waals surface area contributed by atoms with Crippen molar-refractivity contribution >= 4 is 11.9 Å². The van der Waals surface area contributed by atoms with Crippen molar-refractivity contribution in [2.75, 3.05) is 18.2 Å². The van der Waals surface area contributed by atoms with E-state index in [0.717, 1.165) is 12.8 Å². The summed E-state index contributed by atoms with van der Waals surface area (Å²) in [6.45, 7) is 6.50. The van der Waals surface area contributed by atoms with E-state index in [1.165, 1.54) is 7.11 Å². The number of nitrogen functional groups attached to an aromatic ring is 1. The maximum atomic E-state index is 5.55. The van der Waals surface area contributed by atoms with Crippen LogP contribution in [0.2, 0.25) is 0 Å². The zero-order chi connectivity index (χ0) is 12.8. The number of ether oxygens (including phenoxy) is 1. The van der Waals surface area contributed by atoms with Crippen molar-refractivity contribution in [3.8, 4) is 6.01 Å². The highest BCUT2D eigenvalue weighted by molar-refractivity contribution is 5.33. The number of nitrogens with zero attached hydrogens (tertiary/aromatic N) is 3. The number of hydrogen-bond donors (Lipinski definition) is 2. The van der Waals surface area contributed by atoms with Crippen molar-refractivity contribution in [3.63, 3.8) is 0 Å². The van der Waals surface area contributed by atoms with Gasteiger partial charge in [0, 0.05) is 6.04 Å². The van der Waals surface area contributed by atoms with E-state index < -0.39 is 0 Å². The predicted molar refractivity (Wildman–Crippen MR) is 67.9 cm³/mol. The van der Waals surface area contributed by atoms with Gasteiger partial charge in [-0.1, -0.05) is 13.8 Å². The molecule has 0 aliphatic carbocycles. The fourth-order valence-electron chi connectivity index (χ4n) is 1.40. The van der Waals surface area contributed by atoms with Gasteiger partial charge in [0.15, 0.2) is 0 Å². The topological polar surface area (TPSA) is 86.0 Å². The number of anilines is 2. The van der Waals surface area contributed by atoms with Crippen LogP contribution in [-0.2, 0) is 0 Å². The number of nitrogens with two attached hydrogens (primary N) is 1. The van der Waals surface area contributed by atoms with E-state index >= 15 is 0 Å². The summed E-state index contributed by atoms with van der Waals surface area (Å²) < 4.78 is 4.93. The molecule has 3 N–H and O–H groups in total. The van der Waals surface area contributed by atoms with Crippen molar-refractivity contribution in [1.82, 2.24) is 15.0 Å². The van der Waals surface area contributed by atoms with Crippen molar-refractivity contribution in [2.24, 2.45) is 5.92 Å². The van der Waals surface area contributed by atoms with Gasteiger partial charge in [-0.2, -0.15) is 15.0 Å². The Kier molecular flexibility index (Phi) is 4.93. The summed E-state index contributed by atoms with van der Waals surface area (Å²) in [4.78, 5) is 11.9. The molecule has 0 aliphatic rings. The average Bonchev–Trinajstić information content (AvgIpc) is 2.25. The molecule has 17 heavy (non-hydrogen) atoms. The molecule has 6 nitrogen and oxygen atoms in total. The van der Waals surface area contributed by atoms with E-state index in [4.69, 9.17) is 10.5 Å². The summed E-state index contributed by atoms with van der Waals surface area (Å²) >= 11 is 0. The van der Waals surface area contributed by atoms with Gasteiger partial charge in [0.2, 0.25) is 11.9 Å². The third-order valence-electron chi connectivity index (χ3n) is 2.37. The maximum absolute atomic E-state index is 5.55. The first-order valence-electron chi connectivity index (χ1n) is 5.83. The number of nitrogens with one attached hydrogen (secondary N) is 1. The van der Waals surface area contributed by atoms with Crippen LogP contribution in [0.1, 0.15) is 33.6 Å². The molecule has 1 unspecified atom stereocenters. The Morgan fingerprint density at radius 2 is 1.88 bits per heavy atom. The number of aromatic nitrogens is 3. The fraction of sp³-hybridized carbons (Fsp3) is 0.727. The van der Waals surface area contributed by atoms with Crippen LogP contribution >= 0.6 is 0 Å². The number of rotatable bonds is 6. The minimum atomic E-state index is 0.162. The van der Waals surface area contributed by atoms with Gasteiger partial charge in [0.05, 0.1) is 7.11 Å². The van der Waals surface area contributed by atoms with Crippen molar-refractivity contribution in [1.29, 1.82) is 0 Å². The third kappa shape index (κ3) is 4.84. The normalized spacial score (nSPS) is 12.5. The van der Waals surface area contributed by atoms with Crippen LogP contribution in [0.15, 0.2) is 0 Å². The molecule has 0 saturated heterocycles. The highest BCUT2D eigenvalue weighted by atomic mass is 16.5. The van der Waals surface area contributed by atoms with Crippen LogP contribution in [0.4, 0.5) is 11.9 Å². The molecule has 0 aromatic carbocycles. The Balaban J connectivity index is 2.58. The fourth-order valence-corrected chi connectivity index (χ4v) is 1.40. The lowest BCUT2D eigenvalue weighted by molar-refractivity contribution is 0.379. The van der Waals surface area contributed by atoms with Crippen molar-refractivity contribution in [3.05, 3.63) is 0 Å². The largest absolute Gasteiger partial charge is 0.467 e. The zero-order valence-corrected chi connectivity index (χ0v) is 10.9. The molecule has 0 bridgehead atoms. The average molecular weight is 239 g/mol. The molecular weight excluding hydrogens is 218 g/mol. The Hall–Kier alpha value is -1.59. The minimum absolute atomic E-state index is 0.162. The first-order valence-corrected chi connectivity index (χ1v) is 5.83. The first kappa shape index (κ1) is 13.5. The molecule has 0 amide bonds. The molecular formula is C11H21N5O. The SMILES string of the molecule is COc1nc(N)nc(NC(C)CCC(C)C)n1. The number of methoxy groups -OCH3 is 1. The van der Waals surface area contributed by atoms with Crippen LogP contribution in [0, 0.1) is 5.92 Å². The van der Waals surface area contributed by atoms with Crippen molar-refractivity contribution in [2.45, 2.75) is 39.7 Å². The summed E-state index contributed by atoms with van der Waals surface area (Å²) in [5, 5.41) is 3.19. The Bertz CT molecular complexity index is 356. The lowest BCUT2D eigenvalue weighted by Crippen LogP contribution is -2.18. The quantitative estimate of drug-likeness (QED) is 0.785. The van der Waals surface area contributed by atoms with Gasteiger partial charge >= 0.3 is 6.01 Å². The van der Waals surface area contributed by atoms with Crippen molar-refractivity contribution < 1.29 is 4.74 Å². The lowest BCUT2D eigenvalue weighted by Gasteiger charge is -2.15. The summed E-state index contributed by atoms with van der Waals surface area (Å²) in [7, 11) is 1.50. The van der Waals surface area contributed by atoms with E-state index in [0.29, 0.717) is 17.9 Å². The van der Waals surface area contributed by atoms with Gasteiger partial charge in [0.1, 0.15) is 0 Å². The second-order valence-corrected chi connectivity index (χ2v) is 4.52. The molecule has 1 aromatic heterocycles. The standard InChI is InChI=1S/C11H21N5O/c1-7(2)5-6-8(3)13-10-14-9(12)15-11(16-10)17-4/h7-8H,5-6H2,1-4H3,(H3,12,13,14,15,16). The monoisotopic (exact) mass is 239 g/mol. The molecule has 0 radical (unpaired) electrons. The molecule has 0 saturated carbocycles. The van der Waals surface area contributed by atoms with E-state index in [1.807, 2.05) is 0 Å². The van der Waals surface area contributed by atoms with E-state index in [2.05, 4.69) is 41.0 Å². The summed E-state index contributed by atoms with van der Waals surface area (Å²) in [6, 6.07) is 0.528. The third-order valence-corrected chi connectivity index (χ3v) is 2.37. The molecule has 1 rings (SSSR count). The minimum Gasteiger partial charge on any atom is -0.467 e. The van der Waals surface area contributed by atoms with Gasteiger partial charge in [0.25, 0.3) is 0 Å². The Labute approximate surface area is 102 Å². The second kappa shape index (κ2) is 6.22. The summed E-state index contributed by atoms with van der Waals surface area (Å²) in [5.41, 5.74) is 5.55.